The molecule has 6 nitrogen and oxygen atoms in total. The van der Waals surface area contributed by atoms with E-state index in [0.29, 0.717) is 25.4 Å². The molecule has 2 N–H and O–H groups in total. The van der Waals surface area contributed by atoms with Crippen molar-refractivity contribution in [2.24, 2.45) is 4.99 Å². The third-order valence-corrected chi connectivity index (χ3v) is 5.59. The highest BCUT2D eigenvalue weighted by atomic mass is 127. The standard InChI is InChI=1S/C19H38N4O2.HI/c1-20-18(21-11-14-25-16-15-24-2)22-17-19(9-5-3-6-10-19)23-12-7-4-8-13-23;/h3-17H2,1-2H3,(H2,20,21,22);1H. The lowest BCUT2D eigenvalue weighted by molar-refractivity contribution is 0.0367. The molecule has 1 heterocycles. The lowest BCUT2D eigenvalue weighted by Gasteiger charge is -2.48. The fourth-order valence-electron chi connectivity index (χ4n) is 4.14. The average molecular weight is 482 g/mol. The number of hydrogen-bond acceptors (Lipinski definition) is 4. The first-order chi connectivity index (χ1) is 12.3. The van der Waals surface area contributed by atoms with E-state index in [1.807, 2.05) is 7.05 Å². The fourth-order valence-corrected chi connectivity index (χ4v) is 4.14. The van der Waals surface area contributed by atoms with Crippen LogP contribution in [0.25, 0.3) is 0 Å². The minimum Gasteiger partial charge on any atom is -0.382 e. The van der Waals surface area contributed by atoms with E-state index < -0.39 is 0 Å². The zero-order valence-electron chi connectivity index (χ0n) is 16.7. The molecule has 0 aromatic carbocycles. The lowest BCUT2D eigenvalue weighted by Crippen LogP contribution is -2.59. The van der Waals surface area contributed by atoms with Crippen LogP contribution in [0.4, 0.5) is 0 Å². The van der Waals surface area contributed by atoms with E-state index >= 15 is 0 Å². The predicted molar refractivity (Wildman–Crippen MR) is 119 cm³/mol. The predicted octanol–water partition coefficient (Wildman–Crippen LogP) is 2.62. The quantitative estimate of drug-likeness (QED) is 0.229. The Bertz CT molecular complexity index is 384. The number of likely N-dealkylation sites (tertiary alicyclic amines) is 1. The third-order valence-electron chi connectivity index (χ3n) is 5.59. The van der Waals surface area contributed by atoms with Gasteiger partial charge in [0.2, 0.25) is 0 Å². The van der Waals surface area contributed by atoms with Crippen LogP contribution in [0.1, 0.15) is 51.4 Å². The second-order valence-corrected chi connectivity index (χ2v) is 7.29. The smallest absolute Gasteiger partial charge is 0.191 e. The summed E-state index contributed by atoms with van der Waals surface area (Å²) in [7, 11) is 3.53. The van der Waals surface area contributed by atoms with Crippen molar-refractivity contribution in [1.82, 2.24) is 15.5 Å². The number of rotatable bonds is 9. The zero-order valence-corrected chi connectivity index (χ0v) is 19.1. The SMILES string of the molecule is CN=C(NCCOCCOC)NCC1(N2CCCCC2)CCCCC1.I. The van der Waals surface area contributed by atoms with E-state index in [1.54, 1.807) is 7.11 Å². The van der Waals surface area contributed by atoms with Gasteiger partial charge in [0, 0.05) is 32.8 Å². The molecule has 0 unspecified atom stereocenters. The first-order valence-electron chi connectivity index (χ1n) is 10.1. The van der Waals surface area contributed by atoms with Crippen molar-refractivity contribution in [3.8, 4) is 0 Å². The van der Waals surface area contributed by atoms with Crippen molar-refractivity contribution < 1.29 is 9.47 Å². The molecule has 0 aromatic rings. The summed E-state index contributed by atoms with van der Waals surface area (Å²) in [5.74, 6) is 0.886. The molecule has 0 spiro atoms. The molecule has 1 saturated carbocycles. The summed E-state index contributed by atoms with van der Waals surface area (Å²) >= 11 is 0. The highest BCUT2D eigenvalue weighted by Crippen LogP contribution is 2.35. The summed E-state index contributed by atoms with van der Waals surface area (Å²) in [6.07, 6.45) is 10.8. The highest BCUT2D eigenvalue weighted by molar-refractivity contribution is 14.0. The summed E-state index contributed by atoms with van der Waals surface area (Å²) in [5, 5.41) is 6.96. The maximum absolute atomic E-state index is 5.50. The van der Waals surface area contributed by atoms with Crippen molar-refractivity contribution in [2.75, 3.05) is 60.2 Å². The van der Waals surface area contributed by atoms with Gasteiger partial charge in [-0.25, -0.2) is 0 Å². The summed E-state index contributed by atoms with van der Waals surface area (Å²) < 4.78 is 10.5. The Morgan fingerprint density at radius 3 is 2.31 bits per heavy atom. The van der Waals surface area contributed by atoms with Crippen molar-refractivity contribution >= 4 is 29.9 Å². The Kier molecular flexibility index (Phi) is 12.8. The van der Waals surface area contributed by atoms with E-state index in [2.05, 4.69) is 20.5 Å². The number of hydrogen-bond donors (Lipinski definition) is 2. The van der Waals surface area contributed by atoms with Crippen molar-refractivity contribution in [3.05, 3.63) is 0 Å². The van der Waals surface area contributed by atoms with Crippen LogP contribution >= 0.6 is 24.0 Å². The van der Waals surface area contributed by atoms with Crippen LogP contribution < -0.4 is 10.6 Å². The van der Waals surface area contributed by atoms with Gasteiger partial charge in [-0.1, -0.05) is 25.7 Å². The van der Waals surface area contributed by atoms with Crippen LogP contribution in [-0.4, -0.2) is 76.6 Å². The monoisotopic (exact) mass is 482 g/mol. The molecule has 1 aliphatic heterocycles. The van der Waals surface area contributed by atoms with Crippen molar-refractivity contribution in [3.63, 3.8) is 0 Å². The maximum atomic E-state index is 5.50. The number of piperidine rings is 1. The number of methoxy groups -OCH3 is 1. The second kappa shape index (κ2) is 14.0. The molecule has 0 radical (unpaired) electrons. The molecular weight excluding hydrogens is 443 g/mol. The molecule has 7 heteroatoms. The number of nitrogens with one attached hydrogen (secondary N) is 2. The molecule has 154 valence electrons. The first kappa shape index (κ1) is 23.9. The third kappa shape index (κ3) is 7.86. The summed E-state index contributed by atoms with van der Waals surface area (Å²) in [5.41, 5.74) is 0.325. The molecule has 0 atom stereocenters. The highest BCUT2D eigenvalue weighted by Gasteiger charge is 2.38. The van der Waals surface area contributed by atoms with E-state index in [-0.39, 0.29) is 24.0 Å². The zero-order chi connectivity index (χ0) is 17.8. The van der Waals surface area contributed by atoms with Gasteiger partial charge < -0.3 is 20.1 Å². The number of aliphatic imine (C=N–C) groups is 1. The van der Waals surface area contributed by atoms with Gasteiger partial charge in [-0.2, -0.15) is 0 Å². The minimum atomic E-state index is 0. The van der Waals surface area contributed by atoms with Crippen molar-refractivity contribution in [1.29, 1.82) is 0 Å². The maximum Gasteiger partial charge on any atom is 0.191 e. The Labute approximate surface area is 176 Å². The van der Waals surface area contributed by atoms with Gasteiger partial charge >= 0.3 is 0 Å². The molecule has 0 aromatic heterocycles. The van der Waals surface area contributed by atoms with Gasteiger partial charge in [0.25, 0.3) is 0 Å². The van der Waals surface area contributed by atoms with Crippen LogP contribution in [0.2, 0.25) is 0 Å². The lowest BCUT2D eigenvalue weighted by atomic mass is 9.79. The largest absolute Gasteiger partial charge is 0.382 e. The van der Waals surface area contributed by atoms with E-state index in [0.717, 1.165) is 19.0 Å². The van der Waals surface area contributed by atoms with Crippen LogP contribution in [-0.2, 0) is 9.47 Å². The van der Waals surface area contributed by atoms with Crippen LogP contribution in [0, 0.1) is 0 Å². The Hall–Kier alpha value is -0.120. The summed E-state index contributed by atoms with van der Waals surface area (Å²) in [4.78, 5) is 7.15. The van der Waals surface area contributed by atoms with E-state index in [9.17, 15) is 0 Å². The van der Waals surface area contributed by atoms with E-state index in [4.69, 9.17) is 9.47 Å². The molecule has 1 aliphatic carbocycles. The summed E-state index contributed by atoms with van der Waals surface area (Å²) in [6.45, 7) is 6.24. The Morgan fingerprint density at radius 1 is 0.962 bits per heavy atom. The fraction of sp³-hybridized carbons (Fsp3) is 0.947. The molecular formula is C19H39IN4O2. The second-order valence-electron chi connectivity index (χ2n) is 7.29. The molecule has 26 heavy (non-hydrogen) atoms. The molecule has 0 amide bonds. The normalized spacial score (nSPS) is 21.1. The molecule has 0 bridgehead atoms. The van der Waals surface area contributed by atoms with Crippen molar-refractivity contribution in [2.45, 2.75) is 56.9 Å². The summed E-state index contributed by atoms with van der Waals surface area (Å²) in [6, 6.07) is 0. The van der Waals surface area contributed by atoms with Gasteiger partial charge in [0.05, 0.1) is 19.8 Å². The Balaban J connectivity index is 0.00000338. The van der Waals surface area contributed by atoms with Crippen LogP contribution in [0.5, 0.6) is 0 Å². The average Bonchev–Trinajstić information content (AvgIpc) is 2.68. The van der Waals surface area contributed by atoms with Gasteiger partial charge in [-0.05, 0) is 38.8 Å². The number of guanidine groups is 1. The number of nitrogens with zero attached hydrogens (tertiary/aromatic N) is 2. The Morgan fingerprint density at radius 2 is 1.65 bits per heavy atom. The van der Waals surface area contributed by atoms with E-state index in [1.165, 1.54) is 64.5 Å². The molecule has 2 aliphatic rings. The molecule has 2 fully saturated rings. The van der Waals surface area contributed by atoms with Gasteiger partial charge in [-0.3, -0.25) is 9.89 Å². The molecule has 1 saturated heterocycles. The minimum absolute atomic E-state index is 0. The molecule has 2 rings (SSSR count). The number of halogens is 1. The topological polar surface area (TPSA) is 58.1 Å². The first-order valence-corrected chi connectivity index (χ1v) is 10.1. The van der Waals surface area contributed by atoms with Gasteiger partial charge in [-0.15, -0.1) is 24.0 Å². The number of ether oxygens (including phenoxy) is 2. The van der Waals surface area contributed by atoms with Gasteiger partial charge in [0.1, 0.15) is 0 Å². The van der Waals surface area contributed by atoms with Crippen LogP contribution in [0.15, 0.2) is 4.99 Å². The van der Waals surface area contributed by atoms with Gasteiger partial charge in [0.15, 0.2) is 5.96 Å². The van der Waals surface area contributed by atoms with Crippen LogP contribution in [0.3, 0.4) is 0 Å².